The standard InChI is InChI=1S/C19H28N6O/c1-23(2)14-18-13-21-17(12-22-18)11-16-3-8-25(9-4-16)19(26)5-7-24-10-6-20-15-24/h6,10,12-13,15-16H,3-5,7-9,11,14H2,1-2H3. The van der Waals surface area contributed by atoms with E-state index >= 15 is 0 Å². The highest BCUT2D eigenvalue weighted by Crippen LogP contribution is 2.21. The number of rotatable bonds is 7. The highest BCUT2D eigenvalue weighted by Gasteiger charge is 2.23. The molecule has 1 aliphatic rings. The predicted molar refractivity (Wildman–Crippen MR) is 99.3 cm³/mol. The van der Waals surface area contributed by atoms with E-state index in [2.05, 4.69) is 19.9 Å². The molecule has 1 amide bonds. The van der Waals surface area contributed by atoms with Crippen LogP contribution in [-0.4, -0.2) is 62.4 Å². The Hall–Kier alpha value is -2.28. The van der Waals surface area contributed by atoms with Crippen molar-refractivity contribution in [3.63, 3.8) is 0 Å². The molecule has 0 radical (unpaired) electrons. The van der Waals surface area contributed by atoms with Gasteiger partial charge in [0.1, 0.15) is 0 Å². The van der Waals surface area contributed by atoms with E-state index in [1.54, 1.807) is 12.5 Å². The Balaban J connectivity index is 1.41. The van der Waals surface area contributed by atoms with Crippen LogP contribution in [0.25, 0.3) is 0 Å². The molecule has 0 N–H and O–H groups in total. The molecule has 0 aromatic carbocycles. The van der Waals surface area contributed by atoms with Crippen molar-refractivity contribution in [3.8, 4) is 0 Å². The van der Waals surface area contributed by atoms with Crippen molar-refractivity contribution in [2.75, 3.05) is 27.2 Å². The molecule has 1 fully saturated rings. The summed E-state index contributed by atoms with van der Waals surface area (Å²) in [5.41, 5.74) is 2.05. The third kappa shape index (κ3) is 5.36. The lowest BCUT2D eigenvalue weighted by molar-refractivity contribution is -0.132. The summed E-state index contributed by atoms with van der Waals surface area (Å²) in [5.74, 6) is 0.826. The van der Waals surface area contributed by atoms with Gasteiger partial charge in [0.25, 0.3) is 0 Å². The SMILES string of the molecule is CN(C)Cc1cnc(CC2CCN(C(=O)CCn3ccnc3)CC2)cn1. The van der Waals surface area contributed by atoms with Gasteiger partial charge in [0, 0.05) is 51.2 Å². The largest absolute Gasteiger partial charge is 0.343 e. The number of carbonyl (C=O) groups excluding carboxylic acids is 1. The monoisotopic (exact) mass is 356 g/mol. The van der Waals surface area contributed by atoms with Crippen LogP contribution >= 0.6 is 0 Å². The molecular formula is C19H28N6O. The van der Waals surface area contributed by atoms with Gasteiger partial charge in [-0.1, -0.05) is 0 Å². The second-order valence-corrected chi connectivity index (χ2v) is 7.32. The van der Waals surface area contributed by atoms with Crippen LogP contribution in [0.1, 0.15) is 30.7 Å². The maximum Gasteiger partial charge on any atom is 0.224 e. The van der Waals surface area contributed by atoms with Crippen LogP contribution in [0.3, 0.4) is 0 Å². The van der Waals surface area contributed by atoms with Crippen LogP contribution in [-0.2, 0) is 24.3 Å². The molecule has 0 bridgehead atoms. The van der Waals surface area contributed by atoms with Gasteiger partial charge in [-0.25, -0.2) is 4.98 Å². The summed E-state index contributed by atoms with van der Waals surface area (Å²) >= 11 is 0. The van der Waals surface area contributed by atoms with Crippen LogP contribution in [0.4, 0.5) is 0 Å². The zero-order chi connectivity index (χ0) is 18.4. The van der Waals surface area contributed by atoms with Crippen molar-refractivity contribution < 1.29 is 4.79 Å². The molecule has 1 saturated heterocycles. The summed E-state index contributed by atoms with van der Waals surface area (Å²) in [5, 5.41) is 0. The van der Waals surface area contributed by atoms with E-state index in [-0.39, 0.29) is 5.91 Å². The molecule has 0 saturated carbocycles. The van der Waals surface area contributed by atoms with Crippen LogP contribution < -0.4 is 0 Å². The number of carbonyl (C=O) groups is 1. The van der Waals surface area contributed by atoms with Gasteiger partial charge in [-0.15, -0.1) is 0 Å². The Morgan fingerprint density at radius 1 is 1.19 bits per heavy atom. The van der Waals surface area contributed by atoms with E-state index in [0.717, 1.165) is 50.3 Å². The fourth-order valence-corrected chi connectivity index (χ4v) is 3.38. The first-order valence-corrected chi connectivity index (χ1v) is 9.28. The predicted octanol–water partition coefficient (Wildman–Crippen LogP) is 1.61. The quantitative estimate of drug-likeness (QED) is 0.754. The molecule has 7 heteroatoms. The average molecular weight is 356 g/mol. The summed E-state index contributed by atoms with van der Waals surface area (Å²) in [6.07, 6.45) is 12.7. The van der Waals surface area contributed by atoms with Crippen molar-refractivity contribution in [2.24, 2.45) is 5.92 Å². The summed E-state index contributed by atoms with van der Waals surface area (Å²) in [6.45, 7) is 3.21. The van der Waals surface area contributed by atoms with E-state index in [0.29, 0.717) is 18.9 Å². The smallest absolute Gasteiger partial charge is 0.224 e. The van der Waals surface area contributed by atoms with Gasteiger partial charge in [0.15, 0.2) is 0 Å². The second-order valence-electron chi connectivity index (χ2n) is 7.32. The number of aromatic nitrogens is 4. The molecule has 1 aliphatic heterocycles. The summed E-state index contributed by atoms with van der Waals surface area (Å²) < 4.78 is 1.95. The number of hydrogen-bond acceptors (Lipinski definition) is 5. The van der Waals surface area contributed by atoms with Gasteiger partial charge in [-0.05, 0) is 39.3 Å². The Morgan fingerprint density at radius 2 is 1.92 bits per heavy atom. The second kappa shape index (κ2) is 8.89. The molecule has 0 spiro atoms. The Labute approximate surface area is 155 Å². The van der Waals surface area contributed by atoms with Gasteiger partial charge in [0.05, 0.1) is 23.9 Å². The lowest BCUT2D eigenvalue weighted by atomic mass is 9.92. The van der Waals surface area contributed by atoms with Crippen LogP contribution in [0.5, 0.6) is 0 Å². The number of imidazole rings is 1. The molecule has 0 unspecified atom stereocenters. The maximum absolute atomic E-state index is 12.3. The fraction of sp³-hybridized carbons (Fsp3) is 0.579. The normalized spacial score (nSPS) is 15.6. The summed E-state index contributed by atoms with van der Waals surface area (Å²) in [4.78, 5) is 29.5. The minimum Gasteiger partial charge on any atom is -0.343 e. The van der Waals surface area contributed by atoms with E-state index < -0.39 is 0 Å². The average Bonchev–Trinajstić information content (AvgIpc) is 3.15. The Kier molecular flexibility index (Phi) is 6.33. The number of aryl methyl sites for hydroxylation is 1. The molecule has 3 rings (SSSR count). The van der Waals surface area contributed by atoms with Crippen LogP contribution in [0.15, 0.2) is 31.1 Å². The molecule has 0 aliphatic carbocycles. The van der Waals surface area contributed by atoms with E-state index in [1.807, 2.05) is 42.2 Å². The van der Waals surface area contributed by atoms with Gasteiger partial charge >= 0.3 is 0 Å². The fourth-order valence-electron chi connectivity index (χ4n) is 3.38. The van der Waals surface area contributed by atoms with Crippen molar-refractivity contribution in [1.29, 1.82) is 0 Å². The van der Waals surface area contributed by atoms with Gasteiger partial charge < -0.3 is 14.4 Å². The maximum atomic E-state index is 12.3. The number of piperidine rings is 1. The zero-order valence-corrected chi connectivity index (χ0v) is 15.7. The molecule has 3 heterocycles. The zero-order valence-electron chi connectivity index (χ0n) is 15.7. The van der Waals surface area contributed by atoms with Crippen molar-refractivity contribution in [2.45, 2.75) is 38.8 Å². The molecule has 2 aromatic heterocycles. The first-order chi connectivity index (χ1) is 12.6. The van der Waals surface area contributed by atoms with E-state index in [4.69, 9.17) is 0 Å². The van der Waals surface area contributed by atoms with Crippen molar-refractivity contribution in [1.82, 2.24) is 29.3 Å². The molecular weight excluding hydrogens is 328 g/mol. The molecule has 140 valence electrons. The summed E-state index contributed by atoms with van der Waals surface area (Å²) in [7, 11) is 4.06. The number of nitrogens with zero attached hydrogens (tertiary/aromatic N) is 6. The molecule has 2 aromatic rings. The Morgan fingerprint density at radius 3 is 2.54 bits per heavy atom. The number of amides is 1. The Bertz CT molecular complexity index is 675. The number of hydrogen-bond donors (Lipinski definition) is 0. The van der Waals surface area contributed by atoms with E-state index in [9.17, 15) is 4.79 Å². The van der Waals surface area contributed by atoms with Crippen LogP contribution in [0.2, 0.25) is 0 Å². The molecule has 0 atom stereocenters. The van der Waals surface area contributed by atoms with Gasteiger partial charge in [-0.3, -0.25) is 14.8 Å². The summed E-state index contributed by atoms with van der Waals surface area (Å²) in [6, 6.07) is 0. The molecule has 26 heavy (non-hydrogen) atoms. The van der Waals surface area contributed by atoms with Crippen molar-refractivity contribution >= 4 is 5.91 Å². The van der Waals surface area contributed by atoms with Crippen molar-refractivity contribution in [3.05, 3.63) is 42.5 Å². The highest BCUT2D eigenvalue weighted by molar-refractivity contribution is 5.76. The number of likely N-dealkylation sites (tertiary alicyclic amines) is 1. The lowest BCUT2D eigenvalue weighted by Gasteiger charge is -2.32. The third-order valence-corrected chi connectivity index (χ3v) is 4.85. The van der Waals surface area contributed by atoms with E-state index in [1.165, 1.54) is 0 Å². The van der Waals surface area contributed by atoms with Gasteiger partial charge in [0.2, 0.25) is 5.91 Å². The third-order valence-electron chi connectivity index (χ3n) is 4.85. The first kappa shape index (κ1) is 18.5. The minimum absolute atomic E-state index is 0.241. The first-order valence-electron chi connectivity index (χ1n) is 9.28. The van der Waals surface area contributed by atoms with Crippen LogP contribution in [0, 0.1) is 5.92 Å². The highest BCUT2D eigenvalue weighted by atomic mass is 16.2. The van der Waals surface area contributed by atoms with Gasteiger partial charge in [-0.2, -0.15) is 0 Å². The lowest BCUT2D eigenvalue weighted by Crippen LogP contribution is -2.39. The minimum atomic E-state index is 0.241. The topological polar surface area (TPSA) is 67.2 Å². The molecule has 7 nitrogen and oxygen atoms in total.